The molecule has 1 aliphatic heterocycles. The Labute approximate surface area is 185 Å². The molecule has 0 N–H and O–H groups in total. The fourth-order valence-corrected chi connectivity index (χ4v) is 5.52. The van der Waals surface area contributed by atoms with Crippen LogP contribution in [0.25, 0.3) is 0 Å². The number of nitrogens with zero attached hydrogens (tertiary/aromatic N) is 1. The molecule has 0 radical (unpaired) electrons. The van der Waals surface area contributed by atoms with Crippen molar-refractivity contribution in [3.05, 3.63) is 59.2 Å². The van der Waals surface area contributed by atoms with E-state index in [1.165, 1.54) is 62.6 Å². The highest BCUT2D eigenvalue weighted by Gasteiger charge is 2.30. The predicted octanol–water partition coefficient (Wildman–Crippen LogP) is 7.48. The first-order chi connectivity index (χ1) is 14.8. The van der Waals surface area contributed by atoms with Gasteiger partial charge in [0.2, 0.25) is 0 Å². The third kappa shape index (κ3) is 6.08. The van der Waals surface area contributed by atoms with Crippen molar-refractivity contribution in [2.45, 2.75) is 90.5 Å². The molecule has 0 spiro atoms. The van der Waals surface area contributed by atoms with Gasteiger partial charge in [-0.3, -0.25) is 4.90 Å². The molecule has 166 valence electrons. The first-order valence-corrected chi connectivity index (χ1v) is 12.6. The lowest BCUT2D eigenvalue weighted by Crippen LogP contribution is -2.34. The highest BCUT2D eigenvalue weighted by Crippen LogP contribution is 2.37. The lowest BCUT2D eigenvalue weighted by molar-refractivity contribution is 0.0112. The van der Waals surface area contributed by atoms with Gasteiger partial charge in [0.1, 0.15) is 0 Å². The van der Waals surface area contributed by atoms with Crippen LogP contribution < -0.4 is 0 Å². The summed E-state index contributed by atoms with van der Waals surface area (Å²) in [6.45, 7) is 9.10. The summed E-state index contributed by atoms with van der Waals surface area (Å²) in [6.07, 6.45) is 16.7. The van der Waals surface area contributed by atoms with E-state index in [0.717, 1.165) is 32.1 Å². The van der Waals surface area contributed by atoms with Crippen LogP contribution in [0.4, 0.5) is 0 Å². The zero-order chi connectivity index (χ0) is 21.2. The molecular formula is C28H43NO. The van der Waals surface area contributed by atoms with E-state index in [1.54, 1.807) is 5.57 Å². The van der Waals surface area contributed by atoms with Gasteiger partial charge in [-0.2, -0.15) is 0 Å². The maximum absolute atomic E-state index is 6.41. The molecular weight excluding hydrogens is 366 g/mol. The van der Waals surface area contributed by atoms with E-state index in [9.17, 15) is 0 Å². The van der Waals surface area contributed by atoms with E-state index < -0.39 is 0 Å². The van der Waals surface area contributed by atoms with Crippen molar-refractivity contribution >= 4 is 0 Å². The second-order valence-corrected chi connectivity index (χ2v) is 8.94. The van der Waals surface area contributed by atoms with Gasteiger partial charge in [0.25, 0.3) is 0 Å². The molecule has 1 heterocycles. The fraction of sp³-hybridized carbons (Fsp3) is 0.643. The fourth-order valence-electron chi connectivity index (χ4n) is 5.52. The quantitative estimate of drug-likeness (QED) is 0.441. The molecule has 0 bridgehead atoms. The number of ether oxygens (including phenoxy) is 1. The molecule has 30 heavy (non-hydrogen) atoms. The topological polar surface area (TPSA) is 12.5 Å². The number of likely N-dealkylation sites (tertiary alicyclic amines) is 1. The van der Waals surface area contributed by atoms with Gasteiger partial charge in [0.15, 0.2) is 0 Å². The van der Waals surface area contributed by atoms with E-state index in [0.29, 0.717) is 12.0 Å². The molecule has 1 saturated heterocycles. The SMILES string of the molecule is CC.CCC1=CCC([C@@H]2CCCN2COC[C@H](c2ccccc2)C2CCCCC2)=C1. The van der Waals surface area contributed by atoms with E-state index in [-0.39, 0.29) is 0 Å². The molecule has 2 fully saturated rings. The summed E-state index contributed by atoms with van der Waals surface area (Å²) in [4.78, 5) is 2.58. The molecule has 4 rings (SSSR count). The first kappa shape index (κ1) is 23.3. The van der Waals surface area contributed by atoms with E-state index in [1.807, 2.05) is 13.8 Å². The van der Waals surface area contributed by atoms with Crippen LogP contribution in [0.1, 0.15) is 90.0 Å². The molecule has 2 aliphatic carbocycles. The predicted molar refractivity (Wildman–Crippen MR) is 129 cm³/mol. The summed E-state index contributed by atoms with van der Waals surface area (Å²) < 4.78 is 6.41. The molecule has 2 nitrogen and oxygen atoms in total. The average Bonchev–Trinajstić information content (AvgIpc) is 3.48. The Morgan fingerprint density at radius 1 is 1.00 bits per heavy atom. The highest BCUT2D eigenvalue weighted by atomic mass is 16.5. The van der Waals surface area contributed by atoms with Crippen LogP contribution >= 0.6 is 0 Å². The van der Waals surface area contributed by atoms with Gasteiger partial charge >= 0.3 is 0 Å². The molecule has 1 saturated carbocycles. The molecule has 2 heteroatoms. The maximum Gasteiger partial charge on any atom is 0.0995 e. The van der Waals surface area contributed by atoms with Crippen molar-refractivity contribution in [3.8, 4) is 0 Å². The van der Waals surface area contributed by atoms with Gasteiger partial charge in [-0.15, -0.1) is 0 Å². The van der Waals surface area contributed by atoms with Gasteiger partial charge < -0.3 is 4.74 Å². The minimum absolute atomic E-state index is 0.557. The Balaban J connectivity index is 0.00000124. The van der Waals surface area contributed by atoms with Gasteiger partial charge in [0.05, 0.1) is 13.3 Å². The molecule has 2 atom stereocenters. The Kier molecular flexibility index (Phi) is 9.68. The van der Waals surface area contributed by atoms with Crippen molar-refractivity contribution in [3.63, 3.8) is 0 Å². The standard InChI is InChI=1S/C26H37NO.C2H6/c1-2-21-15-16-24(18-21)26-14-9-17-27(26)20-28-19-25(22-10-5-3-6-11-22)23-12-7-4-8-13-23;1-2/h3,5-6,10-11,15,18,23,25-26H,2,4,7-9,12-14,16-17,19-20H2,1H3;1-2H3/t25-,26+;/m1./s1. The molecule has 0 unspecified atom stereocenters. The Morgan fingerprint density at radius 3 is 2.47 bits per heavy atom. The van der Waals surface area contributed by atoms with E-state index in [2.05, 4.69) is 54.3 Å². The Bertz CT molecular complexity index is 671. The van der Waals surface area contributed by atoms with E-state index >= 15 is 0 Å². The molecule has 1 aromatic carbocycles. The first-order valence-electron chi connectivity index (χ1n) is 12.6. The third-order valence-electron chi connectivity index (χ3n) is 7.17. The molecule has 1 aromatic rings. The highest BCUT2D eigenvalue weighted by molar-refractivity contribution is 5.35. The second-order valence-electron chi connectivity index (χ2n) is 8.94. The normalized spacial score (nSPS) is 23.5. The lowest BCUT2D eigenvalue weighted by atomic mass is 9.77. The van der Waals surface area contributed by atoms with Gasteiger partial charge in [-0.1, -0.05) is 88.1 Å². The number of rotatable bonds is 8. The van der Waals surface area contributed by atoms with Crippen LogP contribution in [-0.2, 0) is 4.74 Å². The van der Waals surface area contributed by atoms with Gasteiger partial charge in [-0.05, 0) is 55.6 Å². The van der Waals surface area contributed by atoms with Gasteiger partial charge in [-0.25, -0.2) is 0 Å². The van der Waals surface area contributed by atoms with Crippen LogP contribution in [0.5, 0.6) is 0 Å². The van der Waals surface area contributed by atoms with Crippen LogP contribution in [0, 0.1) is 5.92 Å². The molecule has 0 amide bonds. The smallest absolute Gasteiger partial charge is 0.0995 e. The third-order valence-corrected chi connectivity index (χ3v) is 7.17. The number of allylic oxidation sites excluding steroid dienone is 3. The van der Waals surface area contributed by atoms with E-state index in [4.69, 9.17) is 4.74 Å². The van der Waals surface area contributed by atoms with Crippen molar-refractivity contribution < 1.29 is 4.74 Å². The largest absolute Gasteiger partial charge is 0.365 e. The minimum Gasteiger partial charge on any atom is -0.365 e. The summed E-state index contributed by atoms with van der Waals surface area (Å²) in [6, 6.07) is 11.7. The molecule has 0 aromatic heterocycles. The number of hydrogen-bond acceptors (Lipinski definition) is 2. The monoisotopic (exact) mass is 409 g/mol. The van der Waals surface area contributed by atoms with Crippen LogP contribution in [0.2, 0.25) is 0 Å². The summed E-state index contributed by atoms with van der Waals surface area (Å²) in [5, 5.41) is 0. The van der Waals surface area contributed by atoms with Crippen molar-refractivity contribution in [2.75, 3.05) is 19.9 Å². The van der Waals surface area contributed by atoms with Crippen molar-refractivity contribution in [2.24, 2.45) is 5.92 Å². The number of benzene rings is 1. The summed E-state index contributed by atoms with van der Waals surface area (Å²) >= 11 is 0. The van der Waals surface area contributed by atoms with Crippen LogP contribution in [0.3, 0.4) is 0 Å². The summed E-state index contributed by atoms with van der Waals surface area (Å²) in [7, 11) is 0. The summed E-state index contributed by atoms with van der Waals surface area (Å²) in [5.41, 5.74) is 4.61. The average molecular weight is 410 g/mol. The van der Waals surface area contributed by atoms with Crippen molar-refractivity contribution in [1.29, 1.82) is 0 Å². The van der Waals surface area contributed by atoms with Gasteiger partial charge in [0, 0.05) is 18.5 Å². The van der Waals surface area contributed by atoms with Crippen molar-refractivity contribution in [1.82, 2.24) is 4.90 Å². The maximum atomic E-state index is 6.41. The lowest BCUT2D eigenvalue weighted by Gasteiger charge is -2.32. The zero-order valence-corrected chi connectivity index (χ0v) is 19.6. The van der Waals surface area contributed by atoms with Crippen LogP contribution in [0.15, 0.2) is 53.6 Å². The Hall–Kier alpha value is -1.38. The minimum atomic E-state index is 0.557. The zero-order valence-electron chi connectivity index (χ0n) is 19.6. The Morgan fingerprint density at radius 2 is 1.77 bits per heavy atom. The summed E-state index contributed by atoms with van der Waals surface area (Å²) in [5.74, 6) is 1.35. The second kappa shape index (κ2) is 12.5. The molecule has 3 aliphatic rings. The van der Waals surface area contributed by atoms with Crippen LogP contribution in [-0.4, -0.2) is 30.8 Å². The number of hydrogen-bond donors (Lipinski definition) is 0.